The van der Waals surface area contributed by atoms with Crippen LogP contribution < -0.4 is 10.1 Å². The maximum absolute atomic E-state index is 11.9. The van der Waals surface area contributed by atoms with Crippen molar-refractivity contribution in [1.29, 1.82) is 0 Å². The molecular weight excluding hydrogens is 254 g/mol. The molecule has 0 aliphatic carbocycles. The number of carbonyl (C=O) groups is 1. The van der Waals surface area contributed by atoms with Crippen molar-refractivity contribution in [2.45, 2.75) is 13.0 Å². The molecule has 0 fully saturated rings. The Kier molecular flexibility index (Phi) is 3.89. The standard InChI is InChI=1S/C13H14ClNO3/c1-8(6-16)15-13(17)10-4-9-5-11(14)2-3-12(9)18-7-10/h2-5,8,16H,6-7H2,1H3,(H,15,17)/t8-/m0/s1. The first-order valence-electron chi connectivity index (χ1n) is 5.65. The van der Waals surface area contributed by atoms with Gasteiger partial charge in [-0.15, -0.1) is 0 Å². The Morgan fingerprint density at radius 3 is 3.11 bits per heavy atom. The van der Waals surface area contributed by atoms with E-state index >= 15 is 0 Å². The van der Waals surface area contributed by atoms with Gasteiger partial charge in [-0.3, -0.25) is 4.79 Å². The molecule has 1 aliphatic rings. The van der Waals surface area contributed by atoms with Gasteiger partial charge in [-0.25, -0.2) is 0 Å². The number of hydrogen-bond acceptors (Lipinski definition) is 3. The summed E-state index contributed by atoms with van der Waals surface area (Å²) in [5.41, 5.74) is 1.31. The molecule has 2 rings (SSSR count). The summed E-state index contributed by atoms with van der Waals surface area (Å²) < 4.78 is 5.48. The van der Waals surface area contributed by atoms with Crippen molar-refractivity contribution in [1.82, 2.24) is 5.32 Å². The maximum Gasteiger partial charge on any atom is 0.250 e. The summed E-state index contributed by atoms with van der Waals surface area (Å²) in [4.78, 5) is 11.9. The Morgan fingerprint density at radius 1 is 1.61 bits per heavy atom. The van der Waals surface area contributed by atoms with Gasteiger partial charge in [0.15, 0.2) is 0 Å². The summed E-state index contributed by atoms with van der Waals surface area (Å²) in [5, 5.41) is 12.2. The summed E-state index contributed by atoms with van der Waals surface area (Å²) in [6.07, 6.45) is 1.75. The van der Waals surface area contributed by atoms with Gasteiger partial charge in [-0.05, 0) is 31.2 Å². The minimum Gasteiger partial charge on any atom is -0.488 e. The van der Waals surface area contributed by atoms with Crippen molar-refractivity contribution in [3.05, 3.63) is 34.4 Å². The van der Waals surface area contributed by atoms with Crippen molar-refractivity contribution in [2.24, 2.45) is 0 Å². The van der Waals surface area contributed by atoms with E-state index in [1.165, 1.54) is 0 Å². The number of fused-ring (bicyclic) bond motifs is 1. The van der Waals surface area contributed by atoms with Gasteiger partial charge in [0.2, 0.25) is 0 Å². The number of halogens is 1. The zero-order valence-electron chi connectivity index (χ0n) is 9.94. The van der Waals surface area contributed by atoms with E-state index in [9.17, 15) is 4.79 Å². The van der Waals surface area contributed by atoms with Crippen molar-refractivity contribution in [3.8, 4) is 5.75 Å². The van der Waals surface area contributed by atoms with Gasteiger partial charge in [0.25, 0.3) is 5.91 Å². The van der Waals surface area contributed by atoms with Crippen LogP contribution in [0.3, 0.4) is 0 Å². The third-order valence-corrected chi connectivity index (χ3v) is 2.86. The second-order valence-corrected chi connectivity index (χ2v) is 4.63. The van der Waals surface area contributed by atoms with E-state index in [1.807, 2.05) is 0 Å². The monoisotopic (exact) mass is 267 g/mol. The third-order valence-electron chi connectivity index (χ3n) is 2.63. The van der Waals surface area contributed by atoms with E-state index in [-0.39, 0.29) is 25.2 Å². The predicted molar refractivity (Wildman–Crippen MR) is 69.6 cm³/mol. The lowest BCUT2D eigenvalue weighted by atomic mass is 10.1. The van der Waals surface area contributed by atoms with E-state index in [4.69, 9.17) is 21.4 Å². The fraction of sp³-hybridized carbons (Fsp3) is 0.308. The molecule has 0 aromatic heterocycles. The van der Waals surface area contributed by atoms with Gasteiger partial charge in [0.05, 0.1) is 12.2 Å². The highest BCUT2D eigenvalue weighted by molar-refractivity contribution is 6.30. The van der Waals surface area contributed by atoms with Crippen molar-refractivity contribution >= 4 is 23.6 Å². The fourth-order valence-electron chi connectivity index (χ4n) is 1.64. The number of ether oxygens (including phenoxy) is 1. The zero-order valence-corrected chi connectivity index (χ0v) is 10.7. The molecule has 0 saturated heterocycles. The molecule has 0 saturated carbocycles. The number of amides is 1. The topological polar surface area (TPSA) is 58.6 Å². The molecule has 0 unspecified atom stereocenters. The molecule has 0 spiro atoms. The van der Waals surface area contributed by atoms with Gasteiger partial charge in [0.1, 0.15) is 12.4 Å². The van der Waals surface area contributed by atoms with Gasteiger partial charge < -0.3 is 15.2 Å². The highest BCUT2D eigenvalue weighted by Gasteiger charge is 2.18. The second-order valence-electron chi connectivity index (χ2n) is 4.20. The van der Waals surface area contributed by atoms with Crippen LogP contribution in [-0.4, -0.2) is 30.3 Å². The molecule has 0 radical (unpaired) electrons. The Balaban J connectivity index is 2.19. The van der Waals surface area contributed by atoms with Crippen LogP contribution in [0.4, 0.5) is 0 Å². The van der Waals surface area contributed by atoms with Crippen LogP contribution in [0.5, 0.6) is 5.75 Å². The van der Waals surface area contributed by atoms with Crippen LogP contribution in [0.1, 0.15) is 12.5 Å². The lowest BCUT2D eigenvalue weighted by Crippen LogP contribution is -2.37. The minimum atomic E-state index is -0.279. The maximum atomic E-state index is 11.9. The number of benzene rings is 1. The van der Waals surface area contributed by atoms with Crippen molar-refractivity contribution in [2.75, 3.05) is 13.2 Å². The first-order chi connectivity index (χ1) is 8.60. The van der Waals surface area contributed by atoms with Crippen LogP contribution in [-0.2, 0) is 4.79 Å². The summed E-state index contributed by atoms with van der Waals surface area (Å²) in [6.45, 7) is 1.86. The second kappa shape index (κ2) is 5.42. The average Bonchev–Trinajstić information content (AvgIpc) is 2.37. The summed E-state index contributed by atoms with van der Waals surface area (Å²) in [7, 11) is 0. The number of nitrogens with one attached hydrogen (secondary N) is 1. The third kappa shape index (κ3) is 2.83. The molecule has 4 nitrogen and oxygen atoms in total. The fourth-order valence-corrected chi connectivity index (χ4v) is 1.82. The minimum absolute atomic E-state index is 0.0949. The van der Waals surface area contributed by atoms with Gasteiger partial charge in [-0.1, -0.05) is 11.6 Å². The molecule has 0 bridgehead atoms. The first kappa shape index (κ1) is 12.9. The predicted octanol–water partition coefficient (Wildman–Crippen LogP) is 1.61. The first-order valence-corrected chi connectivity index (χ1v) is 6.02. The summed E-state index contributed by atoms with van der Waals surface area (Å²) >= 11 is 5.89. The summed E-state index contributed by atoms with van der Waals surface area (Å²) in [5.74, 6) is 0.480. The highest BCUT2D eigenvalue weighted by atomic mass is 35.5. The number of aliphatic hydroxyl groups is 1. The Hall–Kier alpha value is -1.52. The van der Waals surface area contributed by atoms with Crippen LogP contribution in [0.2, 0.25) is 5.02 Å². The highest BCUT2D eigenvalue weighted by Crippen LogP contribution is 2.28. The lowest BCUT2D eigenvalue weighted by Gasteiger charge is -2.19. The molecule has 1 aromatic carbocycles. The molecule has 1 atom stereocenters. The smallest absolute Gasteiger partial charge is 0.250 e. The molecule has 1 heterocycles. The van der Waals surface area contributed by atoms with Crippen molar-refractivity contribution in [3.63, 3.8) is 0 Å². The Labute approximate surface area is 110 Å². The van der Waals surface area contributed by atoms with E-state index < -0.39 is 0 Å². The van der Waals surface area contributed by atoms with Gasteiger partial charge in [0, 0.05) is 16.6 Å². The lowest BCUT2D eigenvalue weighted by molar-refractivity contribution is -0.118. The largest absolute Gasteiger partial charge is 0.488 e. The van der Waals surface area contributed by atoms with E-state index in [0.717, 1.165) is 5.56 Å². The van der Waals surface area contributed by atoms with Crippen LogP contribution in [0.15, 0.2) is 23.8 Å². The molecule has 1 amide bonds. The zero-order chi connectivity index (χ0) is 13.1. The molecule has 2 N–H and O–H groups in total. The van der Waals surface area contributed by atoms with Gasteiger partial charge in [-0.2, -0.15) is 0 Å². The van der Waals surface area contributed by atoms with Gasteiger partial charge >= 0.3 is 0 Å². The molecule has 5 heteroatoms. The number of hydrogen-bond donors (Lipinski definition) is 2. The molecular formula is C13H14ClNO3. The molecule has 96 valence electrons. The van der Waals surface area contributed by atoms with Crippen LogP contribution in [0.25, 0.3) is 6.08 Å². The average molecular weight is 268 g/mol. The SMILES string of the molecule is C[C@@H](CO)NC(=O)C1=Cc2cc(Cl)ccc2OC1. The number of aliphatic hydroxyl groups excluding tert-OH is 1. The van der Waals surface area contributed by atoms with E-state index in [1.54, 1.807) is 31.2 Å². The quantitative estimate of drug-likeness (QED) is 0.875. The van der Waals surface area contributed by atoms with Crippen molar-refractivity contribution < 1.29 is 14.6 Å². The Morgan fingerprint density at radius 2 is 2.39 bits per heavy atom. The van der Waals surface area contributed by atoms with E-state index in [2.05, 4.69) is 5.32 Å². The van der Waals surface area contributed by atoms with E-state index in [0.29, 0.717) is 16.3 Å². The Bertz CT molecular complexity index is 499. The van der Waals surface area contributed by atoms with Crippen LogP contribution in [0, 0.1) is 0 Å². The number of rotatable bonds is 3. The number of carbonyl (C=O) groups excluding carboxylic acids is 1. The molecule has 18 heavy (non-hydrogen) atoms. The van der Waals surface area contributed by atoms with Crippen LogP contribution >= 0.6 is 11.6 Å². The molecule has 1 aromatic rings. The molecule has 1 aliphatic heterocycles. The summed E-state index contributed by atoms with van der Waals surface area (Å²) in [6, 6.07) is 4.99. The normalized spacial score (nSPS) is 15.2.